The van der Waals surface area contributed by atoms with E-state index in [0.29, 0.717) is 0 Å². The molecule has 90 valence electrons. The second-order valence-corrected chi connectivity index (χ2v) is 4.98. The molecule has 1 atom stereocenters. The van der Waals surface area contributed by atoms with Gasteiger partial charge in [0.15, 0.2) is 0 Å². The zero-order valence-corrected chi connectivity index (χ0v) is 10.5. The van der Waals surface area contributed by atoms with E-state index in [1.54, 1.807) is 0 Å². The molecule has 0 aliphatic heterocycles. The van der Waals surface area contributed by atoms with Crippen LogP contribution in [0.15, 0.2) is 0 Å². The van der Waals surface area contributed by atoms with Gasteiger partial charge in [0, 0.05) is 6.61 Å². The Morgan fingerprint density at radius 3 is 2.40 bits per heavy atom. The summed E-state index contributed by atoms with van der Waals surface area (Å²) in [6.45, 7) is 7.16. The zero-order chi connectivity index (χ0) is 11.3. The summed E-state index contributed by atoms with van der Waals surface area (Å²) in [6, 6.07) is 0. The van der Waals surface area contributed by atoms with Gasteiger partial charge in [-0.25, -0.2) is 0 Å². The van der Waals surface area contributed by atoms with Gasteiger partial charge in [-0.05, 0) is 44.9 Å². The highest BCUT2D eigenvalue weighted by Crippen LogP contribution is 2.38. The van der Waals surface area contributed by atoms with Crippen LogP contribution in [0, 0.1) is 5.92 Å². The van der Waals surface area contributed by atoms with Gasteiger partial charge in [-0.15, -0.1) is 0 Å². The van der Waals surface area contributed by atoms with Crippen LogP contribution in [0.5, 0.6) is 0 Å². The molecule has 0 amide bonds. The standard InChI is InChI=1S/C13H26O2/c1-4-6-12(14)13(15-5-2)9-7-11(3)8-10-13/h11-12,14H,4-10H2,1-3H3. The molecule has 0 aromatic heterocycles. The average molecular weight is 214 g/mol. The topological polar surface area (TPSA) is 29.5 Å². The third-order valence-corrected chi connectivity index (χ3v) is 3.72. The smallest absolute Gasteiger partial charge is 0.0940 e. The van der Waals surface area contributed by atoms with Gasteiger partial charge in [-0.1, -0.05) is 20.3 Å². The maximum atomic E-state index is 10.2. The van der Waals surface area contributed by atoms with Crippen LogP contribution < -0.4 is 0 Å². The number of ether oxygens (including phenoxy) is 1. The monoisotopic (exact) mass is 214 g/mol. The molecule has 0 spiro atoms. The maximum absolute atomic E-state index is 10.2. The summed E-state index contributed by atoms with van der Waals surface area (Å²) >= 11 is 0. The van der Waals surface area contributed by atoms with E-state index in [2.05, 4.69) is 13.8 Å². The first kappa shape index (κ1) is 13.0. The molecule has 2 heteroatoms. The highest BCUT2D eigenvalue weighted by atomic mass is 16.5. The number of hydrogen-bond acceptors (Lipinski definition) is 2. The lowest BCUT2D eigenvalue weighted by Gasteiger charge is -2.42. The molecule has 0 bridgehead atoms. The van der Waals surface area contributed by atoms with Crippen molar-refractivity contribution in [3.63, 3.8) is 0 Å². The fourth-order valence-corrected chi connectivity index (χ4v) is 2.65. The van der Waals surface area contributed by atoms with E-state index in [4.69, 9.17) is 4.74 Å². The van der Waals surface area contributed by atoms with Crippen molar-refractivity contribution in [2.45, 2.75) is 71.0 Å². The van der Waals surface area contributed by atoms with Crippen molar-refractivity contribution in [2.24, 2.45) is 5.92 Å². The fraction of sp³-hybridized carbons (Fsp3) is 1.00. The molecule has 1 saturated carbocycles. The van der Waals surface area contributed by atoms with E-state index in [-0.39, 0.29) is 11.7 Å². The third kappa shape index (κ3) is 3.18. The third-order valence-electron chi connectivity index (χ3n) is 3.72. The Labute approximate surface area is 94.0 Å². The largest absolute Gasteiger partial charge is 0.390 e. The molecule has 0 radical (unpaired) electrons. The molecule has 0 saturated heterocycles. The van der Waals surface area contributed by atoms with Gasteiger partial charge in [0.25, 0.3) is 0 Å². The van der Waals surface area contributed by atoms with Crippen LogP contribution in [0.25, 0.3) is 0 Å². The summed E-state index contributed by atoms with van der Waals surface area (Å²) in [5.41, 5.74) is -0.225. The molecular formula is C13H26O2. The average Bonchev–Trinajstić information content (AvgIpc) is 2.22. The minimum absolute atomic E-state index is 0.225. The molecule has 0 heterocycles. The predicted octanol–water partition coefficient (Wildman–Crippen LogP) is 3.13. The molecule has 2 nitrogen and oxygen atoms in total. The Kier molecular flexibility index (Phi) is 5.07. The second kappa shape index (κ2) is 5.86. The number of aliphatic hydroxyl groups is 1. The summed E-state index contributed by atoms with van der Waals surface area (Å²) in [4.78, 5) is 0. The van der Waals surface area contributed by atoms with E-state index in [0.717, 1.165) is 38.2 Å². The van der Waals surface area contributed by atoms with E-state index in [9.17, 15) is 5.11 Å². The molecule has 15 heavy (non-hydrogen) atoms. The highest BCUT2D eigenvalue weighted by Gasteiger charge is 2.40. The van der Waals surface area contributed by atoms with Gasteiger partial charge in [0.2, 0.25) is 0 Å². The van der Waals surface area contributed by atoms with Crippen LogP contribution in [-0.2, 0) is 4.74 Å². The van der Waals surface area contributed by atoms with Crippen LogP contribution >= 0.6 is 0 Å². The molecule has 0 aromatic carbocycles. The summed E-state index contributed by atoms with van der Waals surface area (Å²) < 4.78 is 5.88. The Morgan fingerprint density at radius 1 is 1.33 bits per heavy atom. The number of rotatable bonds is 5. The van der Waals surface area contributed by atoms with Crippen molar-refractivity contribution in [3.05, 3.63) is 0 Å². The minimum Gasteiger partial charge on any atom is -0.390 e. The van der Waals surface area contributed by atoms with E-state index >= 15 is 0 Å². The maximum Gasteiger partial charge on any atom is 0.0940 e. The van der Waals surface area contributed by atoms with E-state index in [1.165, 1.54) is 12.8 Å². The molecule has 1 fully saturated rings. The Balaban J connectivity index is 2.61. The van der Waals surface area contributed by atoms with Gasteiger partial charge in [-0.2, -0.15) is 0 Å². The molecule has 1 unspecified atom stereocenters. The lowest BCUT2D eigenvalue weighted by atomic mass is 9.75. The molecule has 0 aromatic rings. The Bertz CT molecular complexity index is 171. The van der Waals surface area contributed by atoms with E-state index < -0.39 is 0 Å². The summed E-state index contributed by atoms with van der Waals surface area (Å²) in [5, 5.41) is 10.2. The van der Waals surface area contributed by atoms with Gasteiger partial charge in [-0.3, -0.25) is 0 Å². The highest BCUT2D eigenvalue weighted by molar-refractivity contribution is 4.92. The summed E-state index contributed by atoms with van der Waals surface area (Å²) in [7, 11) is 0. The molecule has 1 aliphatic carbocycles. The summed E-state index contributed by atoms with van der Waals surface area (Å²) in [6.07, 6.45) is 6.09. The van der Waals surface area contributed by atoms with Crippen molar-refractivity contribution < 1.29 is 9.84 Å². The van der Waals surface area contributed by atoms with Gasteiger partial charge < -0.3 is 9.84 Å². The van der Waals surface area contributed by atoms with Crippen LogP contribution in [-0.4, -0.2) is 23.4 Å². The van der Waals surface area contributed by atoms with Gasteiger partial charge in [0.1, 0.15) is 0 Å². The molecule has 1 N–H and O–H groups in total. The molecular weight excluding hydrogens is 188 g/mol. The number of hydrogen-bond donors (Lipinski definition) is 1. The Morgan fingerprint density at radius 2 is 1.93 bits per heavy atom. The first-order valence-electron chi connectivity index (χ1n) is 6.46. The van der Waals surface area contributed by atoms with Crippen molar-refractivity contribution in [2.75, 3.05) is 6.61 Å². The normalized spacial score (nSPS) is 34.0. The van der Waals surface area contributed by atoms with Crippen molar-refractivity contribution in [3.8, 4) is 0 Å². The van der Waals surface area contributed by atoms with Crippen LogP contribution in [0.3, 0.4) is 0 Å². The lowest BCUT2D eigenvalue weighted by molar-refractivity contribution is -0.146. The van der Waals surface area contributed by atoms with Gasteiger partial charge >= 0.3 is 0 Å². The first-order valence-corrected chi connectivity index (χ1v) is 6.46. The van der Waals surface area contributed by atoms with Crippen molar-refractivity contribution in [1.82, 2.24) is 0 Å². The Hall–Kier alpha value is -0.0800. The lowest BCUT2D eigenvalue weighted by Crippen LogP contribution is -2.47. The molecule has 1 aliphatic rings. The SMILES string of the molecule is CCCC(O)C1(OCC)CCC(C)CC1. The van der Waals surface area contributed by atoms with Crippen LogP contribution in [0.2, 0.25) is 0 Å². The van der Waals surface area contributed by atoms with Crippen molar-refractivity contribution >= 4 is 0 Å². The van der Waals surface area contributed by atoms with Crippen molar-refractivity contribution in [1.29, 1.82) is 0 Å². The zero-order valence-electron chi connectivity index (χ0n) is 10.5. The van der Waals surface area contributed by atoms with E-state index in [1.807, 2.05) is 6.92 Å². The second-order valence-electron chi connectivity index (χ2n) is 4.98. The molecule has 1 rings (SSSR count). The predicted molar refractivity (Wildman–Crippen MR) is 62.9 cm³/mol. The number of aliphatic hydroxyl groups excluding tert-OH is 1. The quantitative estimate of drug-likeness (QED) is 0.762. The minimum atomic E-state index is -0.269. The van der Waals surface area contributed by atoms with Crippen LogP contribution in [0.1, 0.15) is 59.3 Å². The van der Waals surface area contributed by atoms with Gasteiger partial charge in [0.05, 0.1) is 11.7 Å². The summed E-state index contributed by atoms with van der Waals surface area (Å²) in [5.74, 6) is 0.799. The fourth-order valence-electron chi connectivity index (χ4n) is 2.65. The van der Waals surface area contributed by atoms with Crippen LogP contribution in [0.4, 0.5) is 0 Å². The first-order chi connectivity index (χ1) is 7.14.